The van der Waals surface area contributed by atoms with Gasteiger partial charge >= 0.3 is 0 Å². The fourth-order valence-corrected chi connectivity index (χ4v) is 2.82. The Morgan fingerprint density at radius 3 is 2.12 bits per heavy atom. The van der Waals surface area contributed by atoms with E-state index in [0.717, 1.165) is 0 Å². The van der Waals surface area contributed by atoms with Crippen molar-refractivity contribution < 1.29 is 4.79 Å². The highest BCUT2D eigenvalue weighted by atomic mass is 16.1. The molecule has 1 amide bonds. The standard InChI is InChI=1S/C13H26N2O/c1-8(2)11(13(14)16)15-12-9(3)6-5-7-10(12)4/h8-12,15H,5-7H2,1-4H3,(H2,14,16). The van der Waals surface area contributed by atoms with Gasteiger partial charge < -0.3 is 11.1 Å². The first-order valence-electron chi connectivity index (χ1n) is 6.48. The molecule has 3 unspecified atom stereocenters. The summed E-state index contributed by atoms with van der Waals surface area (Å²) in [5.74, 6) is 1.33. The lowest BCUT2D eigenvalue weighted by Crippen LogP contribution is -2.54. The molecule has 0 bridgehead atoms. The maximum atomic E-state index is 11.4. The van der Waals surface area contributed by atoms with Gasteiger partial charge in [-0.05, 0) is 30.6 Å². The molecule has 1 aliphatic rings. The predicted octanol–water partition coefficient (Wildman–Crippen LogP) is 1.91. The number of nitrogens with two attached hydrogens (primary N) is 1. The van der Waals surface area contributed by atoms with E-state index in [-0.39, 0.29) is 17.9 Å². The number of carbonyl (C=O) groups is 1. The van der Waals surface area contributed by atoms with Crippen molar-refractivity contribution in [3.63, 3.8) is 0 Å². The van der Waals surface area contributed by atoms with Gasteiger partial charge in [0.25, 0.3) is 0 Å². The summed E-state index contributed by atoms with van der Waals surface area (Å²) < 4.78 is 0. The van der Waals surface area contributed by atoms with Gasteiger partial charge in [-0.25, -0.2) is 0 Å². The molecule has 3 atom stereocenters. The van der Waals surface area contributed by atoms with Crippen LogP contribution in [0.25, 0.3) is 0 Å². The van der Waals surface area contributed by atoms with Crippen LogP contribution in [0.2, 0.25) is 0 Å². The van der Waals surface area contributed by atoms with Gasteiger partial charge in [-0.15, -0.1) is 0 Å². The van der Waals surface area contributed by atoms with Gasteiger partial charge in [0.05, 0.1) is 6.04 Å². The number of hydrogen-bond donors (Lipinski definition) is 2. The van der Waals surface area contributed by atoms with E-state index >= 15 is 0 Å². The Morgan fingerprint density at radius 2 is 1.75 bits per heavy atom. The molecule has 3 N–H and O–H groups in total. The predicted molar refractivity (Wildman–Crippen MR) is 66.9 cm³/mol. The lowest BCUT2D eigenvalue weighted by atomic mass is 9.78. The highest BCUT2D eigenvalue weighted by Crippen LogP contribution is 2.29. The van der Waals surface area contributed by atoms with Crippen molar-refractivity contribution in [2.24, 2.45) is 23.5 Å². The van der Waals surface area contributed by atoms with Crippen LogP contribution in [0.15, 0.2) is 0 Å². The minimum Gasteiger partial charge on any atom is -0.368 e. The zero-order valence-corrected chi connectivity index (χ0v) is 11.0. The summed E-state index contributed by atoms with van der Waals surface area (Å²) >= 11 is 0. The second-order valence-electron chi connectivity index (χ2n) is 5.70. The first-order valence-corrected chi connectivity index (χ1v) is 6.48. The molecule has 16 heavy (non-hydrogen) atoms. The van der Waals surface area contributed by atoms with Crippen molar-refractivity contribution in [1.82, 2.24) is 5.32 Å². The Morgan fingerprint density at radius 1 is 1.25 bits per heavy atom. The highest BCUT2D eigenvalue weighted by Gasteiger charge is 2.31. The topological polar surface area (TPSA) is 55.1 Å². The molecule has 0 radical (unpaired) electrons. The van der Waals surface area contributed by atoms with Gasteiger partial charge in [0.2, 0.25) is 5.91 Å². The molecule has 0 saturated heterocycles. The van der Waals surface area contributed by atoms with Gasteiger partial charge in [0.1, 0.15) is 0 Å². The fraction of sp³-hybridized carbons (Fsp3) is 0.923. The molecule has 1 fully saturated rings. The Hall–Kier alpha value is -0.570. The van der Waals surface area contributed by atoms with E-state index in [1.807, 2.05) is 13.8 Å². The lowest BCUT2D eigenvalue weighted by molar-refractivity contribution is -0.121. The monoisotopic (exact) mass is 226 g/mol. The lowest BCUT2D eigenvalue weighted by Gasteiger charge is -2.38. The quantitative estimate of drug-likeness (QED) is 0.769. The molecule has 0 aromatic carbocycles. The Kier molecular flexibility index (Phi) is 4.78. The molecule has 3 heteroatoms. The van der Waals surface area contributed by atoms with Crippen molar-refractivity contribution in [3.05, 3.63) is 0 Å². The third-order valence-corrected chi connectivity index (χ3v) is 3.89. The van der Waals surface area contributed by atoms with E-state index in [1.165, 1.54) is 19.3 Å². The Labute approximate surface area is 99.2 Å². The molecule has 3 nitrogen and oxygen atoms in total. The third-order valence-electron chi connectivity index (χ3n) is 3.89. The van der Waals surface area contributed by atoms with Crippen LogP contribution < -0.4 is 11.1 Å². The fourth-order valence-electron chi connectivity index (χ4n) is 2.82. The average Bonchev–Trinajstić information content (AvgIpc) is 2.15. The van der Waals surface area contributed by atoms with E-state index in [4.69, 9.17) is 5.73 Å². The zero-order valence-electron chi connectivity index (χ0n) is 11.0. The van der Waals surface area contributed by atoms with Crippen molar-refractivity contribution in [2.45, 2.75) is 59.0 Å². The highest BCUT2D eigenvalue weighted by molar-refractivity contribution is 5.80. The maximum absolute atomic E-state index is 11.4. The number of hydrogen-bond acceptors (Lipinski definition) is 2. The minimum atomic E-state index is -0.222. The van der Waals surface area contributed by atoms with E-state index < -0.39 is 0 Å². The second kappa shape index (κ2) is 5.67. The molecule has 0 aliphatic heterocycles. The van der Waals surface area contributed by atoms with E-state index in [1.54, 1.807) is 0 Å². The number of primary amides is 1. The van der Waals surface area contributed by atoms with Crippen LogP contribution >= 0.6 is 0 Å². The van der Waals surface area contributed by atoms with E-state index in [0.29, 0.717) is 17.9 Å². The van der Waals surface area contributed by atoms with E-state index in [9.17, 15) is 4.79 Å². The molecule has 94 valence electrons. The molecule has 1 saturated carbocycles. The SMILES string of the molecule is CC(C)C(NC1C(C)CCCC1C)C(N)=O. The number of carbonyl (C=O) groups excluding carboxylic acids is 1. The first-order chi connectivity index (χ1) is 7.43. The first kappa shape index (κ1) is 13.5. The molecular weight excluding hydrogens is 200 g/mol. The second-order valence-corrected chi connectivity index (χ2v) is 5.70. The van der Waals surface area contributed by atoms with Crippen LogP contribution in [0.5, 0.6) is 0 Å². The number of nitrogens with one attached hydrogen (secondary N) is 1. The summed E-state index contributed by atoms with van der Waals surface area (Å²) in [5.41, 5.74) is 5.44. The van der Waals surface area contributed by atoms with Crippen molar-refractivity contribution in [2.75, 3.05) is 0 Å². The maximum Gasteiger partial charge on any atom is 0.234 e. The van der Waals surface area contributed by atoms with Gasteiger partial charge in [0.15, 0.2) is 0 Å². The number of rotatable bonds is 4. The molecule has 0 spiro atoms. The Balaban J connectivity index is 2.65. The van der Waals surface area contributed by atoms with Crippen LogP contribution in [0.1, 0.15) is 47.0 Å². The van der Waals surface area contributed by atoms with E-state index in [2.05, 4.69) is 19.2 Å². The summed E-state index contributed by atoms with van der Waals surface area (Å²) in [4.78, 5) is 11.4. The number of amides is 1. The van der Waals surface area contributed by atoms with Crippen LogP contribution in [-0.2, 0) is 4.79 Å². The normalized spacial score (nSPS) is 32.7. The summed E-state index contributed by atoms with van der Waals surface area (Å²) in [6.07, 6.45) is 3.82. The Bertz CT molecular complexity index is 230. The van der Waals surface area contributed by atoms with Gasteiger partial charge in [-0.2, -0.15) is 0 Å². The summed E-state index contributed by atoms with van der Waals surface area (Å²) in [7, 11) is 0. The minimum absolute atomic E-state index is 0.187. The van der Waals surface area contributed by atoms with Crippen LogP contribution in [0.4, 0.5) is 0 Å². The molecule has 1 rings (SSSR count). The van der Waals surface area contributed by atoms with Crippen LogP contribution in [0.3, 0.4) is 0 Å². The van der Waals surface area contributed by atoms with Gasteiger partial charge in [0, 0.05) is 6.04 Å². The van der Waals surface area contributed by atoms with Gasteiger partial charge in [-0.3, -0.25) is 4.79 Å². The average molecular weight is 226 g/mol. The van der Waals surface area contributed by atoms with Crippen molar-refractivity contribution in [1.29, 1.82) is 0 Å². The van der Waals surface area contributed by atoms with Crippen LogP contribution in [0, 0.1) is 17.8 Å². The smallest absolute Gasteiger partial charge is 0.234 e. The molecule has 1 aliphatic carbocycles. The van der Waals surface area contributed by atoms with Crippen molar-refractivity contribution in [3.8, 4) is 0 Å². The molecule has 0 heterocycles. The van der Waals surface area contributed by atoms with Crippen LogP contribution in [-0.4, -0.2) is 18.0 Å². The summed E-state index contributed by atoms with van der Waals surface area (Å²) in [6.45, 7) is 8.62. The summed E-state index contributed by atoms with van der Waals surface area (Å²) in [6, 6.07) is 0.252. The summed E-state index contributed by atoms with van der Waals surface area (Å²) in [5, 5.41) is 3.48. The molecule has 0 aromatic heterocycles. The van der Waals surface area contributed by atoms with Crippen molar-refractivity contribution >= 4 is 5.91 Å². The zero-order chi connectivity index (χ0) is 12.3. The molecule has 0 aromatic rings. The molecular formula is C13H26N2O. The largest absolute Gasteiger partial charge is 0.368 e. The third kappa shape index (κ3) is 3.21. The van der Waals surface area contributed by atoms with Gasteiger partial charge in [-0.1, -0.05) is 34.1 Å².